The van der Waals surface area contributed by atoms with Gasteiger partial charge in [-0.2, -0.15) is 8.42 Å². The Kier molecular flexibility index (Phi) is 3.89. The molecule has 0 radical (unpaired) electrons. The molecule has 0 fully saturated rings. The second kappa shape index (κ2) is 5.46. The standard InChI is InChI=1S/C13H10F2O4S/c1-18-10-3-5-11(6-4-10)19-20(16,17)13-7-2-9(14)8-12(13)15/h2-8H,1H3. The summed E-state index contributed by atoms with van der Waals surface area (Å²) < 4.78 is 59.6. The predicted octanol–water partition coefficient (Wildman–Crippen LogP) is 2.74. The van der Waals surface area contributed by atoms with Gasteiger partial charge >= 0.3 is 10.1 Å². The summed E-state index contributed by atoms with van der Waals surface area (Å²) in [5.74, 6) is -1.57. The monoisotopic (exact) mass is 300 g/mol. The summed E-state index contributed by atoms with van der Waals surface area (Å²) in [6.07, 6.45) is 0. The summed E-state index contributed by atoms with van der Waals surface area (Å²) >= 11 is 0. The molecule has 0 bridgehead atoms. The van der Waals surface area contributed by atoms with Gasteiger partial charge in [-0.05, 0) is 36.4 Å². The largest absolute Gasteiger partial charge is 0.497 e. The van der Waals surface area contributed by atoms with Crippen LogP contribution in [-0.4, -0.2) is 15.5 Å². The van der Waals surface area contributed by atoms with Gasteiger partial charge in [0.25, 0.3) is 0 Å². The first-order valence-electron chi connectivity index (χ1n) is 5.46. The fraction of sp³-hybridized carbons (Fsp3) is 0.0769. The minimum Gasteiger partial charge on any atom is -0.497 e. The number of halogens is 2. The lowest BCUT2D eigenvalue weighted by atomic mass is 10.3. The van der Waals surface area contributed by atoms with Crippen molar-refractivity contribution in [2.75, 3.05) is 7.11 Å². The minimum atomic E-state index is -4.36. The first-order valence-corrected chi connectivity index (χ1v) is 6.87. The molecule has 2 aromatic carbocycles. The van der Waals surface area contributed by atoms with Crippen molar-refractivity contribution >= 4 is 10.1 Å². The van der Waals surface area contributed by atoms with Gasteiger partial charge in [0.05, 0.1) is 7.11 Å². The highest BCUT2D eigenvalue weighted by atomic mass is 32.2. The summed E-state index contributed by atoms with van der Waals surface area (Å²) in [6.45, 7) is 0. The summed E-state index contributed by atoms with van der Waals surface area (Å²) in [5, 5.41) is 0. The number of methoxy groups -OCH3 is 1. The molecule has 0 saturated heterocycles. The van der Waals surface area contributed by atoms with Crippen LogP contribution in [0.3, 0.4) is 0 Å². The van der Waals surface area contributed by atoms with Crippen LogP contribution in [-0.2, 0) is 10.1 Å². The third-order valence-corrected chi connectivity index (χ3v) is 3.71. The lowest BCUT2D eigenvalue weighted by Crippen LogP contribution is -2.11. The predicted molar refractivity (Wildman–Crippen MR) is 67.2 cm³/mol. The van der Waals surface area contributed by atoms with Gasteiger partial charge in [0.1, 0.15) is 28.0 Å². The zero-order valence-corrected chi connectivity index (χ0v) is 11.2. The van der Waals surface area contributed by atoms with Crippen molar-refractivity contribution in [3.05, 3.63) is 54.1 Å². The highest BCUT2D eigenvalue weighted by Crippen LogP contribution is 2.23. The molecule has 0 heterocycles. The van der Waals surface area contributed by atoms with Gasteiger partial charge in [-0.1, -0.05) is 0 Å². The van der Waals surface area contributed by atoms with E-state index in [1.54, 1.807) is 0 Å². The van der Waals surface area contributed by atoms with E-state index in [4.69, 9.17) is 8.92 Å². The topological polar surface area (TPSA) is 52.6 Å². The molecule has 4 nitrogen and oxygen atoms in total. The normalized spacial score (nSPS) is 11.2. The van der Waals surface area contributed by atoms with Gasteiger partial charge in [-0.15, -0.1) is 0 Å². The molecule has 0 aliphatic heterocycles. The van der Waals surface area contributed by atoms with E-state index in [0.29, 0.717) is 11.8 Å². The number of hydrogen-bond acceptors (Lipinski definition) is 4. The zero-order chi connectivity index (χ0) is 14.8. The fourth-order valence-corrected chi connectivity index (χ4v) is 2.47. The van der Waals surface area contributed by atoms with E-state index in [1.807, 2.05) is 0 Å². The van der Waals surface area contributed by atoms with Gasteiger partial charge < -0.3 is 8.92 Å². The Morgan fingerprint density at radius 1 is 0.950 bits per heavy atom. The van der Waals surface area contributed by atoms with Gasteiger partial charge in [0.15, 0.2) is 0 Å². The maximum absolute atomic E-state index is 13.4. The van der Waals surface area contributed by atoms with E-state index in [1.165, 1.54) is 31.4 Å². The van der Waals surface area contributed by atoms with Gasteiger partial charge in [-0.25, -0.2) is 8.78 Å². The maximum Gasteiger partial charge on any atom is 0.342 e. The van der Waals surface area contributed by atoms with Crippen LogP contribution in [0.5, 0.6) is 11.5 Å². The van der Waals surface area contributed by atoms with Gasteiger partial charge in [0, 0.05) is 6.07 Å². The molecule has 0 atom stereocenters. The van der Waals surface area contributed by atoms with Crippen molar-refractivity contribution in [3.8, 4) is 11.5 Å². The van der Waals surface area contributed by atoms with Crippen molar-refractivity contribution in [1.82, 2.24) is 0 Å². The second-order valence-electron chi connectivity index (χ2n) is 3.79. The third-order valence-electron chi connectivity index (χ3n) is 2.43. The highest BCUT2D eigenvalue weighted by molar-refractivity contribution is 7.87. The zero-order valence-electron chi connectivity index (χ0n) is 10.3. The van der Waals surface area contributed by atoms with E-state index in [0.717, 1.165) is 12.1 Å². The average Bonchev–Trinajstić information content (AvgIpc) is 2.38. The SMILES string of the molecule is COc1ccc(OS(=O)(=O)c2ccc(F)cc2F)cc1. The Balaban J connectivity index is 2.30. The smallest absolute Gasteiger partial charge is 0.342 e. The first-order chi connectivity index (χ1) is 9.42. The molecule has 20 heavy (non-hydrogen) atoms. The van der Waals surface area contributed by atoms with Crippen molar-refractivity contribution in [2.45, 2.75) is 4.90 Å². The molecule has 0 saturated carbocycles. The molecular formula is C13H10F2O4S. The second-order valence-corrected chi connectivity index (χ2v) is 5.30. The molecular weight excluding hydrogens is 290 g/mol. The molecule has 0 aromatic heterocycles. The number of benzene rings is 2. The molecule has 0 aliphatic carbocycles. The number of ether oxygens (including phenoxy) is 1. The minimum absolute atomic E-state index is 0.00507. The molecule has 0 amide bonds. The quantitative estimate of drug-likeness (QED) is 0.815. The van der Waals surface area contributed by atoms with Crippen molar-refractivity contribution in [1.29, 1.82) is 0 Å². The average molecular weight is 300 g/mol. The van der Waals surface area contributed by atoms with Crippen LogP contribution in [0.25, 0.3) is 0 Å². The first kappa shape index (κ1) is 14.3. The molecule has 0 N–H and O–H groups in total. The van der Waals surface area contributed by atoms with Crippen LogP contribution in [0.1, 0.15) is 0 Å². The highest BCUT2D eigenvalue weighted by Gasteiger charge is 2.21. The van der Waals surface area contributed by atoms with Gasteiger partial charge in [-0.3, -0.25) is 0 Å². The summed E-state index contributed by atoms with van der Waals surface area (Å²) in [7, 11) is -2.90. The third kappa shape index (κ3) is 3.05. The van der Waals surface area contributed by atoms with Crippen LogP contribution < -0.4 is 8.92 Å². The Morgan fingerprint density at radius 2 is 1.55 bits per heavy atom. The lowest BCUT2D eigenvalue weighted by Gasteiger charge is -2.08. The number of rotatable bonds is 4. The molecule has 106 valence electrons. The van der Waals surface area contributed by atoms with Crippen LogP contribution >= 0.6 is 0 Å². The molecule has 0 unspecified atom stereocenters. The van der Waals surface area contributed by atoms with Crippen molar-refractivity contribution in [3.63, 3.8) is 0 Å². The van der Waals surface area contributed by atoms with Crippen LogP contribution in [0.2, 0.25) is 0 Å². The van der Waals surface area contributed by atoms with E-state index in [9.17, 15) is 17.2 Å². The molecule has 0 aliphatic rings. The summed E-state index contributed by atoms with van der Waals surface area (Å²) in [4.78, 5) is -0.727. The van der Waals surface area contributed by atoms with E-state index in [2.05, 4.69) is 0 Å². The van der Waals surface area contributed by atoms with E-state index < -0.39 is 26.6 Å². The van der Waals surface area contributed by atoms with E-state index >= 15 is 0 Å². The van der Waals surface area contributed by atoms with Crippen LogP contribution in [0.4, 0.5) is 8.78 Å². The number of hydrogen-bond donors (Lipinski definition) is 0. The fourth-order valence-electron chi connectivity index (χ4n) is 1.48. The summed E-state index contributed by atoms with van der Waals surface area (Å²) in [5.41, 5.74) is 0. The summed E-state index contributed by atoms with van der Waals surface area (Å²) in [6, 6.07) is 7.83. The van der Waals surface area contributed by atoms with Crippen molar-refractivity contribution in [2.24, 2.45) is 0 Å². The Bertz CT molecular complexity index is 712. The van der Waals surface area contributed by atoms with Crippen molar-refractivity contribution < 1.29 is 26.1 Å². The molecule has 0 spiro atoms. The van der Waals surface area contributed by atoms with Gasteiger partial charge in [0.2, 0.25) is 0 Å². The van der Waals surface area contributed by atoms with E-state index in [-0.39, 0.29) is 5.75 Å². The Hall–Kier alpha value is -2.15. The van der Waals surface area contributed by atoms with Crippen LogP contribution in [0.15, 0.2) is 47.4 Å². The lowest BCUT2D eigenvalue weighted by molar-refractivity contribution is 0.413. The maximum atomic E-state index is 13.4. The molecule has 2 aromatic rings. The Morgan fingerprint density at radius 3 is 2.10 bits per heavy atom. The van der Waals surface area contributed by atoms with Crippen LogP contribution in [0, 0.1) is 11.6 Å². The Labute approximate surface area is 114 Å². The molecule has 2 rings (SSSR count). The molecule has 7 heteroatoms.